The zero-order valence-electron chi connectivity index (χ0n) is 10.6. The van der Waals surface area contributed by atoms with E-state index in [1.165, 1.54) is 10.5 Å². The van der Waals surface area contributed by atoms with E-state index in [0.29, 0.717) is 5.69 Å². The zero-order valence-corrected chi connectivity index (χ0v) is 13.0. The summed E-state index contributed by atoms with van der Waals surface area (Å²) in [5, 5.41) is 6.47. The molecule has 2 rings (SSSR count). The monoisotopic (exact) mass is 335 g/mol. The van der Waals surface area contributed by atoms with Crippen LogP contribution in [0.25, 0.3) is 0 Å². The second-order valence-electron chi connectivity index (χ2n) is 4.75. The van der Waals surface area contributed by atoms with Gasteiger partial charge in [0.25, 0.3) is 0 Å². The van der Waals surface area contributed by atoms with Crippen molar-refractivity contribution in [1.29, 1.82) is 0 Å². The van der Waals surface area contributed by atoms with Crippen LogP contribution in [0.1, 0.15) is 31.4 Å². The summed E-state index contributed by atoms with van der Waals surface area (Å²) in [6.45, 7) is 1.72. The molecule has 0 saturated heterocycles. The number of aromatic nitrogens is 2. The molecule has 5 nitrogen and oxygen atoms in total. The molecular formula is C11H18BrN3O2S. The number of hydrogen-bond acceptors (Lipinski definition) is 3. The van der Waals surface area contributed by atoms with Gasteiger partial charge in [0.15, 0.2) is 0 Å². The van der Waals surface area contributed by atoms with Gasteiger partial charge in [-0.1, -0.05) is 28.8 Å². The van der Waals surface area contributed by atoms with Crippen LogP contribution in [-0.2, 0) is 10.0 Å². The van der Waals surface area contributed by atoms with Crippen LogP contribution in [0.3, 0.4) is 0 Å². The maximum atomic E-state index is 12.5. The summed E-state index contributed by atoms with van der Waals surface area (Å²) in [5.74, 6) is 0. The molecule has 0 radical (unpaired) electrons. The molecule has 1 aromatic rings. The predicted octanol–water partition coefficient (Wildman–Crippen LogP) is 2.04. The fraction of sp³-hybridized carbons (Fsp3) is 0.727. The Morgan fingerprint density at radius 3 is 2.67 bits per heavy atom. The van der Waals surface area contributed by atoms with Crippen LogP contribution in [0, 0.1) is 6.92 Å². The molecule has 102 valence electrons. The number of alkyl halides is 1. The molecule has 1 aromatic heterocycles. The lowest BCUT2D eigenvalue weighted by Gasteiger charge is -2.34. The lowest BCUT2D eigenvalue weighted by molar-refractivity contribution is 0.297. The van der Waals surface area contributed by atoms with E-state index < -0.39 is 10.0 Å². The van der Waals surface area contributed by atoms with Crippen molar-refractivity contribution >= 4 is 26.0 Å². The topological polar surface area (TPSA) is 66.1 Å². The van der Waals surface area contributed by atoms with Crippen molar-refractivity contribution in [2.24, 2.45) is 0 Å². The van der Waals surface area contributed by atoms with Crippen molar-refractivity contribution in [3.63, 3.8) is 0 Å². The molecule has 1 N–H and O–H groups in total. The van der Waals surface area contributed by atoms with Crippen LogP contribution in [0.5, 0.6) is 0 Å². The Morgan fingerprint density at radius 2 is 2.11 bits per heavy atom. The van der Waals surface area contributed by atoms with Crippen LogP contribution >= 0.6 is 15.9 Å². The Kier molecular flexibility index (Phi) is 4.13. The van der Waals surface area contributed by atoms with Gasteiger partial charge in [-0.05, 0) is 19.8 Å². The second-order valence-corrected chi connectivity index (χ2v) is 7.89. The van der Waals surface area contributed by atoms with Crippen molar-refractivity contribution < 1.29 is 8.42 Å². The summed E-state index contributed by atoms with van der Waals surface area (Å²) in [6, 6.07) is 0.0260. The standard InChI is InChI=1S/C11H18BrN3O2S/c1-8-11(7-13-14-8)18(16,17)15(2)10-6-4-3-5-9(10)12/h7,9-10H,3-6H2,1-2H3,(H,13,14). The third-order valence-electron chi connectivity index (χ3n) is 3.56. The Balaban J connectivity index is 2.27. The Labute approximate surface area is 116 Å². The van der Waals surface area contributed by atoms with E-state index in [1.54, 1.807) is 14.0 Å². The zero-order chi connectivity index (χ0) is 13.3. The molecule has 18 heavy (non-hydrogen) atoms. The van der Waals surface area contributed by atoms with Gasteiger partial charge >= 0.3 is 0 Å². The summed E-state index contributed by atoms with van der Waals surface area (Å²) in [7, 11) is -1.79. The average molecular weight is 336 g/mol. The highest BCUT2D eigenvalue weighted by atomic mass is 79.9. The van der Waals surface area contributed by atoms with E-state index in [9.17, 15) is 8.42 Å². The van der Waals surface area contributed by atoms with Crippen LogP contribution in [0.2, 0.25) is 0 Å². The summed E-state index contributed by atoms with van der Waals surface area (Å²) in [5.41, 5.74) is 0.587. The quantitative estimate of drug-likeness (QED) is 0.859. The number of H-pyrrole nitrogens is 1. The van der Waals surface area contributed by atoms with E-state index in [2.05, 4.69) is 26.1 Å². The first-order valence-electron chi connectivity index (χ1n) is 6.06. The van der Waals surface area contributed by atoms with Crippen molar-refractivity contribution in [3.05, 3.63) is 11.9 Å². The van der Waals surface area contributed by atoms with Gasteiger partial charge in [-0.15, -0.1) is 0 Å². The van der Waals surface area contributed by atoms with Crippen molar-refractivity contribution in [2.45, 2.75) is 48.4 Å². The fourth-order valence-electron chi connectivity index (χ4n) is 2.41. The Hall–Kier alpha value is -0.400. The summed E-state index contributed by atoms with van der Waals surface area (Å²) in [6.07, 6.45) is 5.55. The number of aryl methyl sites for hydroxylation is 1. The molecule has 1 fully saturated rings. The number of halogens is 1. The summed E-state index contributed by atoms with van der Waals surface area (Å²) < 4.78 is 26.5. The molecular weight excluding hydrogens is 318 g/mol. The maximum absolute atomic E-state index is 12.5. The molecule has 1 aliphatic rings. The van der Waals surface area contributed by atoms with Crippen molar-refractivity contribution in [2.75, 3.05) is 7.05 Å². The molecule has 2 atom stereocenters. The number of nitrogens with one attached hydrogen (secondary N) is 1. The predicted molar refractivity (Wildman–Crippen MR) is 73.2 cm³/mol. The van der Waals surface area contributed by atoms with Crippen molar-refractivity contribution in [1.82, 2.24) is 14.5 Å². The minimum Gasteiger partial charge on any atom is -0.281 e. The highest BCUT2D eigenvalue weighted by Gasteiger charge is 2.35. The molecule has 0 amide bonds. The highest BCUT2D eigenvalue weighted by Crippen LogP contribution is 2.31. The van der Waals surface area contributed by atoms with Gasteiger partial charge in [0.2, 0.25) is 10.0 Å². The van der Waals surface area contributed by atoms with E-state index in [-0.39, 0.29) is 15.8 Å². The third-order valence-corrected chi connectivity index (χ3v) is 6.62. The van der Waals surface area contributed by atoms with Crippen LogP contribution in [-0.4, -0.2) is 40.8 Å². The number of nitrogens with zero attached hydrogens (tertiary/aromatic N) is 2. The van der Waals surface area contributed by atoms with Gasteiger partial charge in [0.05, 0.1) is 11.9 Å². The SMILES string of the molecule is Cc1[nH]ncc1S(=O)(=O)N(C)C1CCCCC1Br. The molecule has 2 unspecified atom stereocenters. The molecule has 1 aliphatic carbocycles. The second kappa shape index (κ2) is 5.30. The number of aromatic amines is 1. The number of rotatable bonds is 3. The molecule has 7 heteroatoms. The third kappa shape index (κ3) is 2.48. The maximum Gasteiger partial charge on any atom is 0.246 e. The molecule has 1 heterocycles. The first kappa shape index (κ1) is 14.0. The normalized spacial score (nSPS) is 25.6. The Morgan fingerprint density at radius 1 is 1.44 bits per heavy atom. The highest BCUT2D eigenvalue weighted by molar-refractivity contribution is 9.09. The number of sulfonamides is 1. The summed E-state index contributed by atoms with van der Waals surface area (Å²) in [4.78, 5) is 0.508. The van der Waals surface area contributed by atoms with Gasteiger partial charge in [-0.2, -0.15) is 9.40 Å². The first-order valence-corrected chi connectivity index (χ1v) is 8.42. The minimum atomic E-state index is -3.45. The molecule has 0 aromatic carbocycles. The largest absolute Gasteiger partial charge is 0.281 e. The molecule has 0 bridgehead atoms. The van der Waals surface area contributed by atoms with Gasteiger partial charge in [0.1, 0.15) is 4.90 Å². The number of hydrogen-bond donors (Lipinski definition) is 1. The van der Waals surface area contributed by atoms with E-state index in [1.807, 2.05) is 0 Å². The van der Waals surface area contributed by atoms with E-state index >= 15 is 0 Å². The van der Waals surface area contributed by atoms with Gasteiger partial charge in [0, 0.05) is 17.9 Å². The molecule has 0 spiro atoms. The van der Waals surface area contributed by atoms with Gasteiger partial charge in [-0.3, -0.25) is 5.10 Å². The van der Waals surface area contributed by atoms with Crippen LogP contribution < -0.4 is 0 Å². The van der Waals surface area contributed by atoms with Crippen LogP contribution in [0.15, 0.2) is 11.1 Å². The Bertz CT molecular complexity index is 514. The van der Waals surface area contributed by atoms with Crippen molar-refractivity contribution in [3.8, 4) is 0 Å². The molecule has 0 aliphatic heterocycles. The first-order chi connectivity index (χ1) is 8.44. The van der Waals surface area contributed by atoms with Crippen LogP contribution in [0.4, 0.5) is 0 Å². The van der Waals surface area contributed by atoms with Gasteiger partial charge < -0.3 is 0 Å². The molecule has 1 saturated carbocycles. The van der Waals surface area contributed by atoms with E-state index in [4.69, 9.17) is 0 Å². The smallest absolute Gasteiger partial charge is 0.246 e. The fourth-order valence-corrected chi connectivity index (χ4v) is 5.05. The van der Waals surface area contributed by atoms with Gasteiger partial charge in [-0.25, -0.2) is 8.42 Å². The lowest BCUT2D eigenvalue weighted by atomic mass is 9.96. The average Bonchev–Trinajstić information content (AvgIpc) is 2.76. The minimum absolute atomic E-state index is 0.0260. The lowest BCUT2D eigenvalue weighted by Crippen LogP contribution is -2.44. The summed E-state index contributed by atoms with van der Waals surface area (Å²) >= 11 is 3.60. The van der Waals surface area contributed by atoms with E-state index in [0.717, 1.165) is 25.7 Å².